The first-order valence-electron chi connectivity index (χ1n) is 16.6. The van der Waals surface area contributed by atoms with Crippen LogP contribution < -0.4 is 9.47 Å². The molecule has 0 spiro atoms. The second-order valence-electron chi connectivity index (χ2n) is 11.8. The maximum absolute atomic E-state index is 12.8. The van der Waals surface area contributed by atoms with E-state index in [1.165, 1.54) is 57.8 Å². The largest absolute Gasteiger partial charge is 0.423 e. The number of hydrogen-bond acceptors (Lipinski definition) is 6. The maximum atomic E-state index is 12.8. The Morgan fingerprint density at radius 2 is 1.15 bits per heavy atom. The standard InChI is InChI=1S/C39H43N3O4/c1-2-3-4-5-6-7-8-9-10-13-28-42-29-37(40-41-42)32-18-22-34(23-19-32)39(44)46-36-26-24-35(25-27-36)45-38(43)33-20-16-31(17-21-33)30-14-11-12-15-30/h11-12,14-27,29-30H,2-10,13,28H2,1H3. The van der Waals surface area contributed by atoms with Gasteiger partial charge in [-0.1, -0.05) is 118 Å². The summed E-state index contributed by atoms with van der Waals surface area (Å²) in [5.41, 5.74) is 3.66. The van der Waals surface area contributed by atoms with Crippen LogP contribution in [-0.4, -0.2) is 26.9 Å². The third-order valence-electron chi connectivity index (χ3n) is 8.22. The van der Waals surface area contributed by atoms with Gasteiger partial charge in [0.05, 0.1) is 17.3 Å². The van der Waals surface area contributed by atoms with Gasteiger partial charge in [-0.25, -0.2) is 9.59 Å². The number of carbonyl (C=O) groups excluding carboxylic acids is 2. The van der Waals surface area contributed by atoms with Gasteiger partial charge in [-0.3, -0.25) is 4.68 Å². The molecule has 0 aliphatic heterocycles. The van der Waals surface area contributed by atoms with E-state index in [-0.39, 0.29) is 5.92 Å². The lowest BCUT2D eigenvalue weighted by molar-refractivity contribution is 0.0719. The van der Waals surface area contributed by atoms with Gasteiger partial charge in [0.1, 0.15) is 17.2 Å². The van der Waals surface area contributed by atoms with Crippen LogP contribution >= 0.6 is 0 Å². The number of unbranched alkanes of at least 4 members (excludes halogenated alkanes) is 9. The lowest BCUT2D eigenvalue weighted by Gasteiger charge is -2.09. The summed E-state index contributed by atoms with van der Waals surface area (Å²) in [4.78, 5) is 25.4. The zero-order valence-electron chi connectivity index (χ0n) is 26.6. The number of rotatable bonds is 17. The monoisotopic (exact) mass is 617 g/mol. The van der Waals surface area contributed by atoms with Gasteiger partial charge in [0, 0.05) is 18.0 Å². The van der Waals surface area contributed by atoms with E-state index in [1.807, 2.05) is 47.3 Å². The topological polar surface area (TPSA) is 83.3 Å². The summed E-state index contributed by atoms with van der Waals surface area (Å²) in [6.07, 6.45) is 23.2. The SMILES string of the molecule is CCCCCCCCCCCCn1cc(-c2ccc(C(=O)Oc3ccc(OC(=O)c4ccc(C5C=CC=C5)cc4)cc3)cc2)nn1. The number of nitrogens with zero attached hydrogens (tertiary/aromatic N) is 3. The third-order valence-corrected chi connectivity index (χ3v) is 8.22. The molecule has 0 bridgehead atoms. The molecule has 7 nitrogen and oxygen atoms in total. The number of carbonyl (C=O) groups is 2. The highest BCUT2D eigenvalue weighted by Gasteiger charge is 2.13. The lowest BCUT2D eigenvalue weighted by atomic mass is 10.00. The fourth-order valence-corrected chi connectivity index (χ4v) is 5.48. The molecule has 0 saturated carbocycles. The van der Waals surface area contributed by atoms with Crippen LogP contribution in [0.4, 0.5) is 0 Å². The van der Waals surface area contributed by atoms with Crippen LogP contribution in [0.25, 0.3) is 11.3 Å². The molecule has 3 aromatic carbocycles. The van der Waals surface area contributed by atoms with E-state index in [0.717, 1.165) is 29.8 Å². The van der Waals surface area contributed by atoms with E-state index < -0.39 is 11.9 Å². The number of benzene rings is 3. The van der Waals surface area contributed by atoms with Gasteiger partial charge in [-0.05, 0) is 60.5 Å². The van der Waals surface area contributed by atoms with Gasteiger partial charge < -0.3 is 9.47 Å². The number of ether oxygens (including phenoxy) is 2. The van der Waals surface area contributed by atoms with Crippen molar-refractivity contribution in [3.63, 3.8) is 0 Å². The Morgan fingerprint density at radius 3 is 1.70 bits per heavy atom. The number of hydrogen-bond donors (Lipinski definition) is 0. The molecule has 46 heavy (non-hydrogen) atoms. The van der Waals surface area contributed by atoms with E-state index in [4.69, 9.17) is 9.47 Å². The number of esters is 2. The Hall–Kier alpha value is -4.78. The molecule has 0 fully saturated rings. The first-order chi connectivity index (χ1) is 22.6. The molecule has 1 aliphatic carbocycles. The van der Waals surface area contributed by atoms with E-state index in [0.29, 0.717) is 22.6 Å². The van der Waals surface area contributed by atoms with Crippen LogP contribution in [0.1, 0.15) is 103 Å². The summed E-state index contributed by atoms with van der Waals surface area (Å²) >= 11 is 0. The van der Waals surface area contributed by atoms with Crippen molar-refractivity contribution in [1.29, 1.82) is 0 Å². The second kappa shape index (κ2) is 17.1. The molecule has 0 atom stereocenters. The van der Waals surface area contributed by atoms with Crippen molar-refractivity contribution in [3.8, 4) is 22.8 Å². The predicted molar refractivity (Wildman–Crippen MR) is 181 cm³/mol. The first kappa shape index (κ1) is 32.6. The van der Waals surface area contributed by atoms with Crippen molar-refractivity contribution in [2.45, 2.75) is 83.6 Å². The van der Waals surface area contributed by atoms with Gasteiger partial charge in [0.25, 0.3) is 0 Å². The van der Waals surface area contributed by atoms with Crippen molar-refractivity contribution in [2.24, 2.45) is 0 Å². The minimum Gasteiger partial charge on any atom is -0.423 e. The lowest BCUT2D eigenvalue weighted by Crippen LogP contribution is -2.09. The summed E-state index contributed by atoms with van der Waals surface area (Å²) in [5.74, 6) is 0.0249. The van der Waals surface area contributed by atoms with E-state index in [1.54, 1.807) is 48.5 Å². The Morgan fingerprint density at radius 1 is 0.652 bits per heavy atom. The maximum Gasteiger partial charge on any atom is 0.343 e. The van der Waals surface area contributed by atoms with Crippen molar-refractivity contribution >= 4 is 11.9 Å². The molecule has 5 rings (SSSR count). The molecule has 0 amide bonds. The normalized spacial score (nSPS) is 12.5. The summed E-state index contributed by atoms with van der Waals surface area (Å²) in [6.45, 7) is 3.11. The molecule has 0 radical (unpaired) electrons. The third kappa shape index (κ3) is 9.61. The van der Waals surface area contributed by atoms with Gasteiger partial charge in [-0.15, -0.1) is 5.10 Å². The number of aromatic nitrogens is 3. The number of allylic oxidation sites excluding steroid dienone is 4. The van der Waals surface area contributed by atoms with Crippen LogP contribution in [0.2, 0.25) is 0 Å². The molecule has 1 aliphatic rings. The Labute approximate surface area is 271 Å². The van der Waals surface area contributed by atoms with E-state index in [9.17, 15) is 9.59 Å². The molecule has 7 heteroatoms. The molecule has 0 N–H and O–H groups in total. The Kier molecular flexibility index (Phi) is 12.1. The minimum absolute atomic E-state index is 0.240. The number of aryl methyl sites for hydroxylation is 1. The second-order valence-corrected chi connectivity index (χ2v) is 11.8. The van der Waals surface area contributed by atoms with Crippen LogP contribution in [0, 0.1) is 0 Å². The van der Waals surface area contributed by atoms with Crippen LogP contribution in [0.15, 0.2) is 103 Å². The van der Waals surface area contributed by atoms with E-state index in [2.05, 4.69) is 29.4 Å². The average Bonchev–Trinajstić information content (AvgIpc) is 3.80. The molecular formula is C39H43N3O4. The highest BCUT2D eigenvalue weighted by atomic mass is 16.5. The quantitative estimate of drug-likeness (QED) is 0.0667. The van der Waals surface area contributed by atoms with E-state index >= 15 is 0 Å². The van der Waals surface area contributed by atoms with Gasteiger partial charge >= 0.3 is 11.9 Å². The molecular weight excluding hydrogens is 574 g/mol. The molecule has 4 aromatic rings. The fourth-order valence-electron chi connectivity index (χ4n) is 5.48. The fraction of sp³-hybridized carbons (Fsp3) is 0.333. The highest BCUT2D eigenvalue weighted by Crippen LogP contribution is 2.25. The predicted octanol–water partition coefficient (Wildman–Crippen LogP) is 9.51. The Balaban J connectivity index is 1.03. The molecule has 238 valence electrons. The zero-order valence-corrected chi connectivity index (χ0v) is 26.6. The summed E-state index contributed by atoms with van der Waals surface area (Å²) < 4.78 is 12.9. The van der Waals surface area contributed by atoms with Crippen LogP contribution in [-0.2, 0) is 6.54 Å². The summed E-state index contributed by atoms with van der Waals surface area (Å²) in [7, 11) is 0. The smallest absolute Gasteiger partial charge is 0.343 e. The molecule has 1 heterocycles. The summed E-state index contributed by atoms with van der Waals surface area (Å²) in [6, 6.07) is 20.9. The Bertz CT molecular complexity index is 1590. The summed E-state index contributed by atoms with van der Waals surface area (Å²) in [5, 5.41) is 8.60. The van der Waals surface area contributed by atoms with Crippen molar-refractivity contribution < 1.29 is 19.1 Å². The minimum atomic E-state index is -0.479. The zero-order chi connectivity index (χ0) is 32.0. The highest BCUT2D eigenvalue weighted by molar-refractivity contribution is 5.92. The van der Waals surface area contributed by atoms with Gasteiger partial charge in [0.15, 0.2) is 0 Å². The molecule has 0 unspecified atom stereocenters. The van der Waals surface area contributed by atoms with Crippen molar-refractivity contribution in [1.82, 2.24) is 15.0 Å². The molecule has 1 aromatic heterocycles. The first-order valence-corrected chi connectivity index (χ1v) is 16.6. The van der Waals surface area contributed by atoms with Crippen molar-refractivity contribution in [2.75, 3.05) is 0 Å². The van der Waals surface area contributed by atoms with Crippen molar-refractivity contribution in [3.05, 3.63) is 120 Å². The van der Waals surface area contributed by atoms with Gasteiger partial charge in [0.2, 0.25) is 0 Å². The molecule has 0 saturated heterocycles. The van der Waals surface area contributed by atoms with Gasteiger partial charge in [-0.2, -0.15) is 0 Å². The average molecular weight is 618 g/mol. The van der Waals surface area contributed by atoms with Crippen LogP contribution in [0.5, 0.6) is 11.5 Å². The van der Waals surface area contributed by atoms with Crippen LogP contribution in [0.3, 0.4) is 0 Å².